The molecule has 2 N–H and O–H groups in total. The molecule has 1 fully saturated rings. The van der Waals surface area contributed by atoms with E-state index in [-0.39, 0.29) is 10.8 Å². The molecule has 0 spiro atoms. The highest BCUT2D eigenvalue weighted by Crippen LogP contribution is 2.39. The van der Waals surface area contributed by atoms with Gasteiger partial charge in [0.1, 0.15) is 0 Å². The molecule has 1 aromatic rings. The molecule has 1 saturated heterocycles. The summed E-state index contributed by atoms with van der Waals surface area (Å²) in [5, 5.41) is 5.91. The Morgan fingerprint density at radius 2 is 2.13 bits per heavy atom. The molecule has 0 saturated carbocycles. The van der Waals surface area contributed by atoms with E-state index in [1.165, 1.54) is 0 Å². The van der Waals surface area contributed by atoms with E-state index in [9.17, 15) is 13.2 Å². The molecule has 0 aromatic heterocycles. The van der Waals surface area contributed by atoms with Crippen LogP contribution in [-0.2, 0) is 20.2 Å². The number of amides is 1. The van der Waals surface area contributed by atoms with Crippen molar-refractivity contribution in [2.45, 2.75) is 30.6 Å². The molecule has 6 nitrogen and oxygen atoms in total. The molecule has 126 valence electrons. The van der Waals surface area contributed by atoms with Crippen LogP contribution in [-0.4, -0.2) is 45.3 Å². The van der Waals surface area contributed by atoms with Crippen LogP contribution in [0.15, 0.2) is 23.1 Å². The number of sulfonamides is 1. The maximum atomic E-state index is 12.9. The van der Waals surface area contributed by atoms with Crippen molar-refractivity contribution in [3.05, 3.63) is 23.8 Å². The fourth-order valence-electron chi connectivity index (χ4n) is 3.33. The van der Waals surface area contributed by atoms with Gasteiger partial charge in [-0.1, -0.05) is 0 Å². The lowest BCUT2D eigenvalue weighted by atomic mass is 9.86. The number of carbonyl (C=O) groups excluding carboxylic acids is 1. The van der Waals surface area contributed by atoms with Crippen LogP contribution in [0, 0.1) is 5.92 Å². The quantitative estimate of drug-likeness (QED) is 0.864. The Hall–Kier alpha value is -1.44. The van der Waals surface area contributed by atoms with Crippen LogP contribution in [0.2, 0.25) is 0 Å². The van der Waals surface area contributed by atoms with Crippen LogP contribution in [0.25, 0.3) is 0 Å². The lowest BCUT2D eigenvalue weighted by Crippen LogP contribution is -2.31. The summed E-state index contributed by atoms with van der Waals surface area (Å²) in [5.74, 6) is 0.251. The standard InChI is InChI=1S/C16H23N3O3S/c1-16(2)13-8-12(4-5-14(13)18-15(16)20)23(21,22)19-7-6-11(10-19)9-17-3/h4-5,8,11,17H,6-7,9-10H2,1-3H3,(H,18,20). The van der Waals surface area contributed by atoms with Crippen molar-refractivity contribution < 1.29 is 13.2 Å². The Bertz CT molecular complexity index is 743. The minimum atomic E-state index is -3.51. The minimum absolute atomic E-state index is 0.0997. The van der Waals surface area contributed by atoms with Gasteiger partial charge in [0, 0.05) is 18.8 Å². The van der Waals surface area contributed by atoms with Crippen LogP contribution in [0.3, 0.4) is 0 Å². The smallest absolute Gasteiger partial charge is 0.243 e. The Morgan fingerprint density at radius 3 is 2.83 bits per heavy atom. The van der Waals surface area contributed by atoms with E-state index < -0.39 is 15.4 Å². The van der Waals surface area contributed by atoms with Crippen LogP contribution < -0.4 is 10.6 Å². The molecule has 1 atom stereocenters. The van der Waals surface area contributed by atoms with Gasteiger partial charge in [-0.2, -0.15) is 4.31 Å². The number of nitrogens with zero attached hydrogens (tertiary/aromatic N) is 1. The molecule has 0 radical (unpaired) electrons. The first-order chi connectivity index (χ1) is 10.8. The molecule has 1 amide bonds. The summed E-state index contributed by atoms with van der Waals surface area (Å²) in [5.41, 5.74) is 0.739. The topological polar surface area (TPSA) is 78.5 Å². The lowest BCUT2D eigenvalue weighted by molar-refractivity contribution is -0.119. The monoisotopic (exact) mass is 337 g/mol. The molecule has 2 aliphatic rings. The number of fused-ring (bicyclic) bond motifs is 1. The predicted octanol–water partition coefficient (Wildman–Crippen LogP) is 1.15. The second-order valence-corrected chi connectivity index (χ2v) is 8.80. The third-order valence-electron chi connectivity index (χ3n) is 4.86. The number of hydrogen-bond acceptors (Lipinski definition) is 4. The zero-order chi connectivity index (χ0) is 16.8. The molecule has 2 heterocycles. The molecule has 1 unspecified atom stereocenters. The van der Waals surface area contributed by atoms with Crippen molar-refractivity contribution in [1.82, 2.24) is 9.62 Å². The predicted molar refractivity (Wildman–Crippen MR) is 88.9 cm³/mol. The number of rotatable bonds is 4. The van der Waals surface area contributed by atoms with Gasteiger partial charge in [-0.05, 0) is 63.5 Å². The summed E-state index contributed by atoms with van der Waals surface area (Å²) in [6.07, 6.45) is 0.872. The highest BCUT2D eigenvalue weighted by molar-refractivity contribution is 7.89. The molecule has 0 bridgehead atoms. The van der Waals surface area contributed by atoms with Gasteiger partial charge in [-0.15, -0.1) is 0 Å². The molecule has 1 aromatic carbocycles. The fraction of sp³-hybridized carbons (Fsp3) is 0.562. The highest BCUT2D eigenvalue weighted by atomic mass is 32.2. The van der Waals surface area contributed by atoms with Gasteiger partial charge in [0.25, 0.3) is 0 Å². The van der Waals surface area contributed by atoms with Gasteiger partial charge in [0.2, 0.25) is 15.9 Å². The first-order valence-corrected chi connectivity index (χ1v) is 9.31. The highest BCUT2D eigenvalue weighted by Gasteiger charge is 2.40. The van der Waals surface area contributed by atoms with Crippen molar-refractivity contribution in [3.63, 3.8) is 0 Å². The van der Waals surface area contributed by atoms with Gasteiger partial charge in [-0.3, -0.25) is 4.79 Å². The van der Waals surface area contributed by atoms with Crippen LogP contribution in [0.5, 0.6) is 0 Å². The molecule has 0 aliphatic carbocycles. The summed E-state index contributed by atoms with van der Waals surface area (Å²) in [7, 11) is -1.63. The summed E-state index contributed by atoms with van der Waals surface area (Å²) >= 11 is 0. The maximum Gasteiger partial charge on any atom is 0.243 e. The normalized spacial score (nSPS) is 23.8. The Kier molecular flexibility index (Phi) is 3.98. The molecule has 3 rings (SSSR count). The third kappa shape index (κ3) is 2.66. The molecule has 23 heavy (non-hydrogen) atoms. The lowest BCUT2D eigenvalue weighted by Gasteiger charge is -2.19. The van der Waals surface area contributed by atoms with E-state index in [1.807, 2.05) is 20.9 Å². The van der Waals surface area contributed by atoms with Crippen molar-refractivity contribution >= 4 is 21.6 Å². The summed E-state index contributed by atoms with van der Waals surface area (Å²) in [4.78, 5) is 12.3. The zero-order valence-electron chi connectivity index (χ0n) is 13.7. The van der Waals surface area contributed by atoms with Crippen molar-refractivity contribution in [2.75, 3.05) is 32.0 Å². The second kappa shape index (κ2) is 5.58. The van der Waals surface area contributed by atoms with E-state index in [1.54, 1.807) is 22.5 Å². The van der Waals surface area contributed by atoms with Gasteiger partial charge >= 0.3 is 0 Å². The third-order valence-corrected chi connectivity index (χ3v) is 6.72. The SMILES string of the molecule is CNCC1CCN(S(=O)(=O)c2ccc3c(c2)C(C)(C)C(=O)N3)C1. The van der Waals surface area contributed by atoms with Crippen LogP contribution >= 0.6 is 0 Å². The van der Waals surface area contributed by atoms with Crippen molar-refractivity contribution in [1.29, 1.82) is 0 Å². The summed E-state index contributed by atoms with van der Waals surface area (Å²) in [6.45, 7) is 5.53. The Morgan fingerprint density at radius 1 is 1.39 bits per heavy atom. The zero-order valence-corrected chi connectivity index (χ0v) is 14.5. The number of anilines is 1. The minimum Gasteiger partial charge on any atom is -0.325 e. The maximum absolute atomic E-state index is 12.9. The molecular weight excluding hydrogens is 314 g/mol. The summed E-state index contributed by atoms with van der Waals surface area (Å²) in [6, 6.07) is 4.92. The van der Waals surface area contributed by atoms with Gasteiger partial charge < -0.3 is 10.6 Å². The number of benzene rings is 1. The van der Waals surface area contributed by atoms with E-state index in [0.717, 1.165) is 18.5 Å². The van der Waals surface area contributed by atoms with E-state index in [0.29, 0.717) is 24.7 Å². The van der Waals surface area contributed by atoms with Crippen LogP contribution in [0.1, 0.15) is 25.8 Å². The molecule has 2 aliphatic heterocycles. The number of carbonyl (C=O) groups is 1. The van der Waals surface area contributed by atoms with E-state index >= 15 is 0 Å². The Labute approximate surface area is 137 Å². The summed E-state index contributed by atoms with van der Waals surface area (Å²) < 4.78 is 27.3. The van der Waals surface area contributed by atoms with Crippen molar-refractivity contribution in [2.24, 2.45) is 5.92 Å². The second-order valence-electron chi connectivity index (χ2n) is 6.86. The fourth-order valence-corrected chi connectivity index (χ4v) is 4.89. The number of hydrogen-bond donors (Lipinski definition) is 2. The largest absolute Gasteiger partial charge is 0.325 e. The Balaban J connectivity index is 1.91. The average Bonchev–Trinajstić information content (AvgIpc) is 3.04. The molecular formula is C16H23N3O3S. The first kappa shape index (κ1) is 16.4. The van der Waals surface area contributed by atoms with Gasteiger partial charge in [0.05, 0.1) is 10.3 Å². The van der Waals surface area contributed by atoms with E-state index in [2.05, 4.69) is 10.6 Å². The van der Waals surface area contributed by atoms with Gasteiger partial charge in [-0.25, -0.2) is 8.42 Å². The average molecular weight is 337 g/mol. The van der Waals surface area contributed by atoms with Crippen molar-refractivity contribution in [3.8, 4) is 0 Å². The first-order valence-electron chi connectivity index (χ1n) is 7.87. The number of nitrogens with one attached hydrogen (secondary N) is 2. The van der Waals surface area contributed by atoms with E-state index in [4.69, 9.17) is 0 Å². The van der Waals surface area contributed by atoms with Gasteiger partial charge in [0.15, 0.2) is 0 Å². The van der Waals surface area contributed by atoms with Crippen LogP contribution in [0.4, 0.5) is 5.69 Å². The molecule has 7 heteroatoms.